The van der Waals surface area contributed by atoms with Gasteiger partial charge in [-0.15, -0.1) is 0 Å². The number of likely N-dealkylation sites (tertiary alicyclic amines) is 1. The van der Waals surface area contributed by atoms with E-state index in [4.69, 9.17) is 4.74 Å². The van der Waals surface area contributed by atoms with Crippen LogP contribution in [0.1, 0.15) is 18.0 Å². The van der Waals surface area contributed by atoms with Crippen LogP contribution in [-0.2, 0) is 4.74 Å². The number of hydrogen-bond acceptors (Lipinski definition) is 3. The predicted octanol–water partition coefficient (Wildman–Crippen LogP) is 2.82. The molecule has 0 aromatic heterocycles. The maximum Gasteiger partial charge on any atom is 0.0710 e. The van der Waals surface area contributed by atoms with Crippen LogP contribution in [0.15, 0.2) is 42.5 Å². The Morgan fingerprint density at radius 2 is 2.05 bits per heavy atom. The zero-order chi connectivity index (χ0) is 14.7. The van der Waals surface area contributed by atoms with Crippen LogP contribution in [0.2, 0.25) is 0 Å². The van der Waals surface area contributed by atoms with E-state index in [1.165, 1.54) is 16.3 Å². The molecule has 0 saturated carbocycles. The van der Waals surface area contributed by atoms with Crippen LogP contribution in [0.4, 0.5) is 0 Å². The maximum atomic E-state index is 5.47. The number of ether oxygens (including phenoxy) is 1. The fraction of sp³-hybridized carbons (Fsp3) is 0.444. The summed E-state index contributed by atoms with van der Waals surface area (Å²) in [5, 5.41) is 6.15. The third-order valence-electron chi connectivity index (χ3n) is 4.55. The normalized spacial score (nSPS) is 21.0. The fourth-order valence-electron chi connectivity index (χ4n) is 3.31. The molecule has 3 rings (SSSR count). The number of nitrogens with zero attached hydrogens (tertiary/aromatic N) is 1. The van der Waals surface area contributed by atoms with Crippen LogP contribution in [0, 0.1) is 0 Å². The lowest BCUT2D eigenvalue weighted by atomic mass is 9.98. The summed E-state index contributed by atoms with van der Waals surface area (Å²) in [6.07, 6.45) is 1.54. The lowest BCUT2D eigenvalue weighted by Crippen LogP contribution is -2.33. The number of methoxy groups -OCH3 is 1. The molecule has 1 fully saturated rings. The van der Waals surface area contributed by atoms with Gasteiger partial charge < -0.3 is 10.1 Å². The molecule has 3 heteroatoms. The van der Waals surface area contributed by atoms with Crippen molar-refractivity contribution in [3.8, 4) is 0 Å². The molecule has 2 aromatic rings. The van der Waals surface area contributed by atoms with Crippen molar-refractivity contribution in [3.05, 3.63) is 48.0 Å². The summed E-state index contributed by atoms with van der Waals surface area (Å²) < 4.78 is 5.47. The van der Waals surface area contributed by atoms with Gasteiger partial charge in [-0.05, 0) is 29.8 Å². The molecule has 0 amide bonds. The van der Waals surface area contributed by atoms with Crippen molar-refractivity contribution in [2.45, 2.75) is 18.6 Å². The molecule has 1 aliphatic heterocycles. The maximum absolute atomic E-state index is 5.47. The summed E-state index contributed by atoms with van der Waals surface area (Å²) in [7, 11) is 3.87. The minimum atomic E-state index is 0.353. The van der Waals surface area contributed by atoms with Gasteiger partial charge in [0.05, 0.1) is 6.10 Å². The van der Waals surface area contributed by atoms with E-state index in [9.17, 15) is 0 Å². The molecule has 1 aliphatic rings. The molecule has 112 valence electrons. The van der Waals surface area contributed by atoms with Crippen molar-refractivity contribution in [2.75, 3.05) is 33.8 Å². The van der Waals surface area contributed by atoms with Gasteiger partial charge in [-0.25, -0.2) is 0 Å². The Bertz CT molecular complexity index is 593. The van der Waals surface area contributed by atoms with E-state index in [2.05, 4.69) is 59.7 Å². The second-order valence-electron chi connectivity index (χ2n) is 5.82. The Labute approximate surface area is 126 Å². The molecule has 2 unspecified atom stereocenters. The molecular formula is C18H24N2O. The third kappa shape index (κ3) is 3.10. The Kier molecular flexibility index (Phi) is 4.54. The van der Waals surface area contributed by atoms with Gasteiger partial charge in [-0.3, -0.25) is 4.90 Å². The van der Waals surface area contributed by atoms with Gasteiger partial charge in [0, 0.05) is 32.8 Å². The van der Waals surface area contributed by atoms with E-state index in [-0.39, 0.29) is 0 Å². The van der Waals surface area contributed by atoms with Crippen molar-refractivity contribution in [3.63, 3.8) is 0 Å². The predicted molar refractivity (Wildman–Crippen MR) is 87.6 cm³/mol. The van der Waals surface area contributed by atoms with Crippen LogP contribution < -0.4 is 5.32 Å². The molecule has 1 N–H and O–H groups in total. The van der Waals surface area contributed by atoms with E-state index in [1.807, 2.05) is 7.11 Å². The first-order valence-corrected chi connectivity index (χ1v) is 7.72. The minimum absolute atomic E-state index is 0.353. The highest BCUT2D eigenvalue weighted by molar-refractivity contribution is 5.86. The fourth-order valence-corrected chi connectivity index (χ4v) is 3.31. The van der Waals surface area contributed by atoms with Gasteiger partial charge in [-0.1, -0.05) is 42.5 Å². The molecule has 2 aromatic carbocycles. The summed E-state index contributed by atoms with van der Waals surface area (Å²) in [5.41, 5.74) is 1.39. The van der Waals surface area contributed by atoms with Crippen LogP contribution in [0.5, 0.6) is 0 Å². The van der Waals surface area contributed by atoms with Crippen LogP contribution in [-0.4, -0.2) is 44.8 Å². The van der Waals surface area contributed by atoms with Gasteiger partial charge in [0.25, 0.3) is 0 Å². The highest BCUT2D eigenvalue weighted by Gasteiger charge is 2.25. The highest BCUT2D eigenvalue weighted by Crippen LogP contribution is 2.26. The zero-order valence-electron chi connectivity index (χ0n) is 12.9. The Hall–Kier alpha value is -1.42. The highest BCUT2D eigenvalue weighted by atomic mass is 16.5. The zero-order valence-corrected chi connectivity index (χ0v) is 12.9. The Balaban J connectivity index is 1.82. The van der Waals surface area contributed by atoms with Crippen LogP contribution >= 0.6 is 0 Å². The van der Waals surface area contributed by atoms with Crippen molar-refractivity contribution in [2.24, 2.45) is 0 Å². The molecule has 1 heterocycles. The average Bonchev–Trinajstić information content (AvgIpc) is 3.00. The summed E-state index contributed by atoms with van der Waals surface area (Å²) in [4.78, 5) is 2.50. The first kappa shape index (κ1) is 14.5. The topological polar surface area (TPSA) is 24.5 Å². The van der Waals surface area contributed by atoms with Crippen molar-refractivity contribution >= 4 is 10.8 Å². The van der Waals surface area contributed by atoms with E-state index in [0.29, 0.717) is 12.1 Å². The van der Waals surface area contributed by atoms with E-state index in [0.717, 1.165) is 26.1 Å². The summed E-state index contributed by atoms with van der Waals surface area (Å²) in [6, 6.07) is 15.6. The van der Waals surface area contributed by atoms with Crippen molar-refractivity contribution in [1.82, 2.24) is 10.2 Å². The standard InChI is InChI=1S/C18H24N2O/c1-19-18(13-20-11-10-15(12-20)21-2)17-9-5-7-14-6-3-4-8-16(14)17/h3-9,15,18-19H,10-13H2,1-2H3. The molecule has 2 atom stereocenters. The summed E-state index contributed by atoms with van der Waals surface area (Å²) in [5.74, 6) is 0. The summed E-state index contributed by atoms with van der Waals surface area (Å²) in [6.45, 7) is 3.20. The first-order valence-electron chi connectivity index (χ1n) is 7.72. The van der Waals surface area contributed by atoms with Gasteiger partial charge in [-0.2, -0.15) is 0 Å². The van der Waals surface area contributed by atoms with Gasteiger partial charge in [0.1, 0.15) is 0 Å². The third-order valence-corrected chi connectivity index (χ3v) is 4.55. The average molecular weight is 284 g/mol. The van der Waals surface area contributed by atoms with Crippen LogP contribution in [0.3, 0.4) is 0 Å². The number of benzene rings is 2. The Morgan fingerprint density at radius 1 is 1.24 bits per heavy atom. The van der Waals surface area contributed by atoms with Gasteiger partial charge in [0.2, 0.25) is 0 Å². The second-order valence-corrected chi connectivity index (χ2v) is 5.82. The number of fused-ring (bicyclic) bond motifs is 1. The SMILES string of the molecule is CNC(CN1CCC(OC)C1)c1cccc2ccccc12. The van der Waals surface area contributed by atoms with Crippen LogP contribution in [0.25, 0.3) is 10.8 Å². The van der Waals surface area contributed by atoms with Gasteiger partial charge >= 0.3 is 0 Å². The smallest absolute Gasteiger partial charge is 0.0710 e. The monoisotopic (exact) mass is 284 g/mol. The quantitative estimate of drug-likeness (QED) is 0.914. The summed E-state index contributed by atoms with van der Waals surface area (Å²) >= 11 is 0. The molecule has 0 bridgehead atoms. The number of rotatable bonds is 5. The van der Waals surface area contributed by atoms with Crippen molar-refractivity contribution < 1.29 is 4.74 Å². The molecule has 0 aliphatic carbocycles. The molecule has 1 saturated heterocycles. The number of likely N-dealkylation sites (N-methyl/N-ethyl adjacent to an activating group) is 1. The van der Waals surface area contributed by atoms with E-state index >= 15 is 0 Å². The Morgan fingerprint density at radius 3 is 2.81 bits per heavy atom. The molecule has 0 radical (unpaired) electrons. The van der Waals surface area contributed by atoms with E-state index in [1.54, 1.807) is 0 Å². The largest absolute Gasteiger partial charge is 0.380 e. The number of hydrogen-bond donors (Lipinski definition) is 1. The lowest BCUT2D eigenvalue weighted by Gasteiger charge is -2.25. The minimum Gasteiger partial charge on any atom is -0.380 e. The molecule has 3 nitrogen and oxygen atoms in total. The number of nitrogens with one attached hydrogen (secondary N) is 1. The van der Waals surface area contributed by atoms with E-state index < -0.39 is 0 Å². The second kappa shape index (κ2) is 6.56. The van der Waals surface area contributed by atoms with Crippen molar-refractivity contribution in [1.29, 1.82) is 0 Å². The lowest BCUT2D eigenvalue weighted by molar-refractivity contribution is 0.107. The first-order chi connectivity index (χ1) is 10.3. The molecule has 21 heavy (non-hydrogen) atoms. The van der Waals surface area contributed by atoms with Gasteiger partial charge in [0.15, 0.2) is 0 Å². The molecule has 0 spiro atoms. The molecular weight excluding hydrogens is 260 g/mol.